The third kappa shape index (κ3) is 5.22. The van der Waals surface area contributed by atoms with E-state index < -0.39 is 12.1 Å². The van der Waals surface area contributed by atoms with Crippen molar-refractivity contribution in [3.63, 3.8) is 0 Å². The van der Waals surface area contributed by atoms with Crippen molar-refractivity contribution in [3.8, 4) is 0 Å². The molecule has 8 nitrogen and oxygen atoms in total. The predicted octanol–water partition coefficient (Wildman–Crippen LogP) is 4.40. The number of carbonyl (C=O) groups excluding carboxylic acids is 2. The van der Waals surface area contributed by atoms with E-state index in [2.05, 4.69) is 34.7 Å². The third-order valence-corrected chi connectivity index (χ3v) is 6.02. The monoisotopic (exact) mass is 464 g/mol. The smallest absolute Gasteiger partial charge is 0.356 e. The van der Waals surface area contributed by atoms with Crippen molar-refractivity contribution in [1.82, 2.24) is 9.55 Å². The molecule has 1 aliphatic rings. The Morgan fingerprint density at radius 1 is 1.26 bits per heavy atom. The van der Waals surface area contributed by atoms with E-state index in [1.807, 2.05) is 28.8 Å². The average molecular weight is 465 g/mol. The van der Waals surface area contributed by atoms with Gasteiger partial charge in [-0.2, -0.15) is 0 Å². The van der Waals surface area contributed by atoms with E-state index in [0.29, 0.717) is 42.0 Å². The number of ether oxygens (including phenoxy) is 2. The summed E-state index contributed by atoms with van der Waals surface area (Å²) < 4.78 is 12.5. The van der Waals surface area contributed by atoms with Gasteiger partial charge in [0.1, 0.15) is 11.8 Å². The molecule has 0 bridgehead atoms. The maximum atomic E-state index is 13.0. The molecule has 2 aromatic heterocycles. The quantitative estimate of drug-likeness (QED) is 0.432. The van der Waals surface area contributed by atoms with E-state index in [0.717, 1.165) is 37.9 Å². The van der Waals surface area contributed by atoms with Crippen LogP contribution < -0.4 is 10.6 Å². The van der Waals surface area contributed by atoms with E-state index in [-0.39, 0.29) is 5.91 Å². The number of fused-ring (bicyclic) bond motifs is 1. The number of anilines is 2. The van der Waals surface area contributed by atoms with E-state index in [1.165, 1.54) is 12.7 Å². The second-order valence-corrected chi connectivity index (χ2v) is 8.47. The highest BCUT2D eigenvalue weighted by Crippen LogP contribution is 2.33. The number of aryl methyl sites for hydroxylation is 2. The zero-order valence-electron chi connectivity index (χ0n) is 19.8. The molecule has 0 saturated carbocycles. The van der Waals surface area contributed by atoms with Gasteiger partial charge in [-0.25, -0.2) is 9.78 Å². The second kappa shape index (κ2) is 11.2. The minimum atomic E-state index is -0.517. The van der Waals surface area contributed by atoms with Crippen LogP contribution in [0.25, 0.3) is 11.0 Å². The van der Waals surface area contributed by atoms with E-state index in [4.69, 9.17) is 9.47 Å². The van der Waals surface area contributed by atoms with Crippen LogP contribution in [0, 0.1) is 0 Å². The summed E-state index contributed by atoms with van der Waals surface area (Å²) in [5, 5.41) is 7.00. The van der Waals surface area contributed by atoms with Crippen LogP contribution in [0.1, 0.15) is 48.7 Å². The largest absolute Gasteiger partial charge is 0.464 e. The number of hydrogen-bond donors (Lipinski definition) is 2. The molecule has 1 saturated heterocycles. The van der Waals surface area contributed by atoms with Gasteiger partial charge < -0.3 is 24.7 Å². The zero-order valence-corrected chi connectivity index (χ0v) is 19.8. The number of aromatic nitrogens is 2. The van der Waals surface area contributed by atoms with Gasteiger partial charge in [-0.3, -0.25) is 4.79 Å². The molecule has 180 valence electrons. The lowest BCUT2D eigenvalue weighted by Crippen LogP contribution is -2.28. The van der Waals surface area contributed by atoms with Crippen LogP contribution in [0.4, 0.5) is 11.4 Å². The summed E-state index contributed by atoms with van der Waals surface area (Å²) in [7, 11) is 1.35. The highest BCUT2D eigenvalue weighted by atomic mass is 16.5. The van der Waals surface area contributed by atoms with Crippen molar-refractivity contribution in [3.05, 3.63) is 53.9 Å². The molecule has 8 heteroatoms. The topological polar surface area (TPSA) is 94.5 Å². The number of benzene rings is 1. The molecule has 1 fully saturated rings. The normalized spacial score (nSPS) is 15.4. The van der Waals surface area contributed by atoms with Crippen LogP contribution in [0.15, 0.2) is 42.6 Å². The first-order valence-corrected chi connectivity index (χ1v) is 11.9. The van der Waals surface area contributed by atoms with E-state index in [1.54, 1.807) is 6.20 Å². The first-order valence-electron chi connectivity index (χ1n) is 11.9. The lowest BCUT2D eigenvalue weighted by Gasteiger charge is -2.13. The fraction of sp³-hybridized carbons (Fsp3) is 0.423. The Balaban J connectivity index is 1.72. The highest BCUT2D eigenvalue weighted by Gasteiger charge is 2.29. The van der Waals surface area contributed by atoms with Crippen LogP contribution in [-0.2, 0) is 27.2 Å². The molecular formula is C26H32N4O4. The average Bonchev–Trinajstić information content (AvgIpc) is 3.50. The highest BCUT2D eigenvalue weighted by molar-refractivity contribution is 6.12. The fourth-order valence-electron chi connectivity index (χ4n) is 4.32. The molecule has 1 amide bonds. The standard InChI is InChI=1S/C26H32N4O4/c1-3-13-27-19-16-20-22(29-25(31)21-12-8-15-34-21)23(26(32)33-2)30(24(20)28-17-19)14-7-11-18-9-5-4-6-10-18/h4-6,9-10,16-17,21,27H,3,7-8,11-15H2,1-2H3,(H,29,31)/t21-/m1/s1. The van der Waals surface area contributed by atoms with Crippen molar-refractivity contribution in [2.24, 2.45) is 0 Å². The van der Waals surface area contributed by atoms with Gasteiger partial charge in [0.25, 0.3) is 5.91 Å². The van der Waals surface area contributed by atoms with Crippen LogP contribution >= 0.6 is 0 Å². The molecule has 0 radical (unpaired) electrons. The molecule has 0 spiro atoms. The summed E-state index contributed by atoms with van der Waals surface area (Å²) in [6.07, 6.45) is 5.37. The number of pyridine rings is 1. The van der Waals surface area contributed by atoms with E-state index in [9.17, 15) is 9.59 Å². The molecule has 34 heavy (non-hydrogen) atoms. The third-order valence-electron chi connectivity index (χ3n) is 6.02. The van der Waals surface area contributed by atoms with Crippen molar-refractivity contribution >= 4 is 34.3 Å². The first-order chi connectivity index (χ1) is 16.6. The van der Waals surface area contributed by atoms with Crippen LogP contribution in [0.5, 0.6) is 0 Å². The van der Waals surface area contributed by atoms with E-state index >= 15 is 0 Å². The number of esters is 1. The molecular weight excluding hydrogens is 432 g/mol. The molecule has 2 N–H and O–H groups in total. The fourth-order valence-corrected chi connectivity index (χ4v) is 4.32. The Kier molecular flexibility index (Phi) is 7.80. The summed E-state index contributed by atoms with van der Waals surface area (Å²) in [4.78, 5) is 30.6. The Hall–Kier alpha value is -3.39. The summed E-state index contributed by atoms with van der Waals surface area (Å²) in [5.74, 6) is -0.763. The molecule has 1 aliphatic heterocycles. The molecule has 1 aromatic carbocycles. The SMILES string of the molecule is CCCNc1cnc2c(c1)c(NC(=O)[C@H]1CCCO1)c(C(=O)OC)n2CCCc1ccccc1. The molecule has 4 rings (SSSR count). The molecule has 3 heterocycles. The first kappa shape index (κ1) is 23.8. The number of rotatable bonds is 10. The minimum absolute atomic E-state index is 0.252. The number of nitrogens with one attached hydrogen (secondary N) is 2. The lowest BCUT2D eigenvalue weighted by molar-refractivity contribution is -0.124. The van der Waals surface area contributed by atoms with Gasteiger partial charge in [0.2, 0.25) is 0 Å². The second-order valence-electron chi connectivity index (χ2n) is 8.47. The summed E-state index contributed by atoms with van der Waals surface area (Å²) in [5.41, 5.74) is 3.43. The van der Waals surface area contributed by atoms with Crippen LogP contribution in [-0.4, -0.2) is 47.8 Å². The maximum absolute atomic E-state index is 13.0. The van der Waals surface area contributed by atoms with Crippen LogP contribution in [0.3, 0.4) is 0 Å². The summed E-state index contributed by atoms with van der Waals surface area (Å²) in [6.45, 7) is 4.01. The van der Waals surface area contributed by atoms with Gasteiger partial charge in [0.05, 0.1) is 24.7 Å². The van der Waals surface area contributed by atoms with Crippen molar-refractivity contribution in [1.29, 1.82) is 0 Å². The number of methoxy groups -OCH3 is 1. The van der Waals surface area contributed by atoms with Crippen molar-refractivity contribution in [2.45, 2.75) is 51.7 Å². The Morgan fingerprint density at radius 3 is 2.79 bits per heavy atom. The van der Waals surface area contributed by atoms with Gasteiger partial charge in [-0.1, -0.05) is 37.3 Å². The maximum Gasteiger partial charge on any atom is 0.356 e. The molecule has 0 unspecified atom stereocenters. The van der Waals surface area contributed by atoms with Crippen molar-refractivity contribution in [2.75, 3.05) is 30.9 Å². The zero-order chi connectivity index (χ0) is 23.9. The van der Waals surface area contributed by atoms with Gasteiger partial charge >= 0.3 is 5.97 Å². The number of nitrogens with zero attached hydrogens (tertiary/aromatic N) is 2. The number of hydrogen-bond acceptors (Lipinski definition) is 6. The Morgan fingerprint density at radius 2 is 2.09 bits per heavy atom. The Bertz CT molecular complexity index is 1140. The molecule has 3 aromatic rings. The summed E-state index contributed by atoms with van der Waals surface area (Å²) >= 11 is 0. The van der Waals surface area contributed by atoms with Crippen molar-refractivity contribution < 1.29 is 19.1 Å². The predicted molar refractivity (Wildman–Crippen MR) is 132 cm³/mol. The Labute approximate surface area is 199 Å². The van der Waals surface area contributed by atoms with Gasteiger partial charge in [0.15, 0.2) is 5.69 Å². The van der Waals surface area contributed by atoms with Crippen LogP contribution in [0.2, 0.25) is 0 Å². The van der Waals surface area contributed by atoms with Gasteiger partial charge in [0, 0.05) is 25.1 Å². The lowest BCUT2D eigenvalue weighted by atomic mass is 10.1. The number of amides is 1. The van der Waals surface area contributed by atoms with Gasteiger partial charge in [-0.15, -0.1) is 0 Å². The molecule has 0 aliphatic carbocycles. The summed E-state index contributed by atoms with van der Waals surface area (Å²) in [6, 6.07) is 12.1. The molecule has 1 atom stereocenters. The number of carbonyl (C=O) groups is 2. The van der Waals surface area contributed by atoms with Gasteiger partial charge in [-0.05, 0) is 43.7 Å². The minimum Gasteiger partial charge on any atom is -0.464 e.